The Morgan fingerprint density at radius 2 is 2.14 bits per heavy atom. The highest BCUT2D eigenvalue weighted by atomic mass is 16.5. The molecule has 2 nitrogen and oxygen atoms in total. The van der Waals surface area contributed by atoms with E-state index in [0.29, 0.717) is 6.04 Å². The van der Waals surface area contributed by atoms with Crippen molar-refractivity contribution in [3.05, 3.63) is 30.3 Å². The van der Waals surface area contributed by atoms with E-state index in [1.165, 1.54) is 24.8 Å². The summed E-state index contributed by atoms with van der Waals surface area (Å²) in [7, 11) is 0.226. The quantitative estimate of drug-likeness (QED) is 0.605. The summed E-state index contributed by atoms with van der Waals surface area (Å²) in [6.07, 6.45) is 2.64. The lowest BCUT2D eigenvalue weighted by molar-refractivity contribution is 0.334. The van der Waals surface area contributed by atoms with E-state index in [4.69, 9.17) is 4.65 Å². The Hall–Kier alpha value is -0.795. The molecule has 1 aromatic carbocycles. The molecular weight excluding hydrogens is 173 g/mol. The molecule has 72 valence electrons. The van der Waals surface area contributed by atoms with Gasteiger partial charge in [0.25, 0.3) is 0 Å². The molecule has 0 N–H and O–H groups in total. The first-order chi connectivity index (χ1) is 6.95. The van der Waals surface area contributed by atoms with Gasteiger partial charge in [-0.2, -0.15) is 0 Å². The number of nitrogens with zero attached hydrogens (tertiary/aromatic N) is 1. The van der Waals surface area contributed by atoms with E-state index in [9.17, 15) is 0 Å². The summed E-state index contributed by atoms with van der Waals surface area (Å²) in [5.74, 6) is 0. The maximum atomic E-state index is 5.83. The normalized spacial score (nSPS) is 26.9. The minimum absolute atomic E-state index is 0.226. The zero-order valence-corrected chi connectivity index (χ0v) is 8.23. The van der Waals surface area contributed by atoms with Gasteiger partial charge in [0.15, 0.2) is 0 Å². The van der Waals surface area contributed by atoms with Crippen molar-refractivity contribution < 1.29 is 4.65 Å². The van der Waals surface area contributed by atoms with Gasteiger partial charge in [0.1, 0.15) is 0 Å². The van der Waals surface area contributed by atoms with Crippen molar-refractivity contribution >= 4 is 12.5 Å². The Bertz CT molecular complexity index is 316. The molecule has 3 heteroatoms. The zero-order chi connectivity index (χ0) is 9.38. The Morgan fingerprint density at radius 1 is 1.29 bits per heavy atom. The molecule has 14 heavy (non-hydrogen) atoms. The van der Waals surface area contributed by atoms with Crippen molar-refractivity contribution in [3.8, 4) is 0 Å². The van der Waals surface area contributed by atoms with Crippen LogP contribution >= 0.6 is 0 Å². The molecule has 2 aliphatic heterocycles. The smallest absolute Gasteiger partial charge is 0.416 e. The maximum absolute atomic E-state index is 5.83. The van der Waals surface area contributed by atoms with Crippen LogP contribution in [0, 0.1) is 0 Å². The lowest BCUT2D eigenvalue weighted by atomic mass is 9.72. The third-order valence-electron chi connectivity index (χ3n) is 3.26. The predicted octanol–water partition coefficient (Wildman–Crippen LogP) is 0.876. The summed E-state index contributed by atoms with van der Waals surface area (Å²) in [5.41, 5.74) is 1.30. The lowest BCUT2D eigenvalue weighted by Gasteiger charge is -2.17. The van der Waals surface area contributed by atoms with Crippen molar-refractivity contribution in [2.75, 3.05) is 13.2 Å². The maximum Gasteiger partial charge on any atom is 0.418 e. The molecule has 0 amide bonds. The van der Waals surface area contributed by atoms with E-state index in [1.807, 2.05) is 0 Å². The lowest BCUT2D eigenvalue weighted by Crippen LogP contribution is -2.45. The SMILES string of the molecule is c1ccc(B2OCC3CCCN23)cc1. The van der Waals surface area contributed by atoms with Crippen molar-refractivity contribution in [2.45, 2.75) is 18.9 Å². The van der Waals surface area contributed by atoms with Crippen LogP contribution < -0.4 is 5.46 Å². The van der Waals surface area contributed by atoms with Gasteiger partial charge in [0, 0.05) is 12.6 Å². The van der Waals surface area contributed by atoms with Crippen molar-refractivity contribution in [2.24, 2.45) is 0 Å². The van der Waals surface area contributed by atoms with Gasteiger partial charge in [-0.15, -0.1) is 0 Å². The van der Waals surface area contributed by atoms with Crippen LogP contribution in [0.1, 0.15) is 12.8 Å². The standard InChI is InChI=1S/C11H14BNO/c1-2-5-10(6-3-1)12-13-8-4-7-11(13)9-14-12/h1-3,5-6,11H,4,7-9H2. The van der Waals surface area contributed by atoms with Gasteiger partial charge in [-0.1, -0.05) is 30.3 Å². The molecule has 0 spiro atoms. The Labute approximate surface area is 85.0 Å². The van der Waals surface area contributed by atoms with E-state index in [2.05, 4.69) is 35.1 Å². The first-order valence-corrected chi connectivity index (χ1v) is 5.37. The Balaban J connectivity index is 1.86. The number of benzene rings is 1. The largest absolute Gasteiger partial charge is 0.418 e. The van der Waals surface area contributed by atoms with E-state index < -0.39 is 0 Å². The second kappa shape index (κ2) is 3.41. The summed E-state index contributed by atoms with van der Waals surface area (Å²) in [6, 6.07) is 11.2. The van der Waals surface area contributed by atoms with E-state index in [-0.39, 0.29) is 7.05 Å². The fourth-order valence-electron chi connectivity index (χ4n) is 2.55. The first kappa shape index (κ1) is 8.51. The van der Waals surface area contributed by atoms with Gasteiger partial charge in [0.2, 0.25) is 0 Å². The molecule has 0 radical (unpaired) electrons. The number of rotatable bonds is 1. The van der Waals surface area contributed by atoms with Gasteiger partial charge in [0.05, 0.1) is 0 Å². The van der Waals surface area contributed by atoms with E-state index >= 15 is 0 Å². The topological polar surface area (TPSA) is 12.5 Å². The average Bonchev–Trinajstić information content (AvgIpc) is 2.79. The average molecular weight is 187 g/mol. The van der Waals surface area contributed by atoms with Crippen molar-refractivity contribution in [3.63, 3.8) is 0 Å². The molecule has 1 unspecified atom stereocenters. The summed E-state index contributed by atoms with van der Waals surface area (Å²) in [5, 5.41) is 0. The highest BCUT2D eigenvalue weighted by Gasteiger charge is 2.41. The van der Waals surface area contributed by atoms with Crippen LogP contribution in [0.2, 0.25) is 0 Å². The molecule has 3 rings (SSSR count). The summed E-state index contributed by atoms with van der Waals surface area (Å²) >= 11 is 0. The van der Waals surface area contributed by atoms with Gasteiger partial charge in [-0.05, 0) is 24.8 Å². The third kappa shape index (κ3) is 1.28. The van der Waals surface area contributed by atoms with Crippen LogP contribution in [0.25, 0.3) is 0 Å². The predicted molar refractivity (Wildman–Crippen MR) is 57.5 cm³/mol. The molecule has 0 aromatic heterocycles. The van der Waals surface area contributed by atoms with Gasteiger partial charge in [-0.3, -0.25) is 0 Å². The fourth-order valence-corrected chi connectivity index (χ4v) is 2.55. The molecule has 1 atom stereocenters. The highest BCUT2D eigenvalue weighted by Crippen LogP contribution is 2.24. The van der Waals surface area contributed by atoms with Crippen molar-refractivity contribution in [1.82, 2.24) is 4.81 Å². The minimum Gasteiger partial charge on any atom is -0.416 e. The molecule has 2 saturated heterocycles. The Morgan fingerprint density at radius 3 is 3.00 bits per heavy atom. The van der Waals surface area contributed by atoms with Crippen molar-refractivity contribution in [1.29, 1.82) is 0 Å². The van der Waals surface area contributed by atoms with Crippen LogP contribution in [0.15, 0.2) is 30.3 Å². The second-order valence-corrected chi connectivity index (χ2v) is 4.13. The van der Waals surface area contributed by atoms with Crippen LogP contribution in [0.3, 0.4) is 0 Å². The zero-order valence-electron chi connectivity index (χ0n) is 8.23. The molecule has 0 bridgehead atoms. The van der Waals surface area contributed by atoms with Crippen LogP contribution in [-0.4, -0.2) is 31.1 Å². The fraction of sp³-hybridized carbons (Fsp3) is 0.455. The molecular formula is C11H14BNO. The highest BCUT2D eigenvalue weighted by molar-refractivity contribution is 6.65. The molecule has 1 aromatic rings. The molecule has 2 fully saturated rings. The van der Waals surface area contributed by atoms with Gasteiger partial charge < -0.3 is 9.47 Å². The van der Waals surface area contributed by atoms with Crippen LogP contribution in [0.4, 0.5) is 0 Å². The monoisotopic (exact) mass is 187 g/mol. The number of hydrogen-bond donors (Lipinski definition) is 0. The van der Waals surface area contributed by atoms with E-state index in [1.54, 1.807) is 0 Å². The van der Waals surface area contributed by atoms with Gasteiger partial charge >= 0.3 is 7.05 Å². The van der Waals surface area contributed by atoms with Crippen LogP contribution in [0.5, 0.6) is 0 Å². The van der Waals surface area contributed by atoms with E-state index in [0.717, 1.165) is 6.61 Å². The molecule has 0 saturated carbocycles. The molecule has 2 heterocycles. The summed E-state index contributed by atoms with van der Waals surface area (Å²) in [4.78, 5) is 2.50. The van der Waals surface area contributed by atoms with Crippen LogP contribution in [-0.2, 0) is 4.65 Å². The second-order valence-electron chi connectivity index (χ2n) is 4.13. The Kier molecular flexibility index (Phi) is 2.07. The summed E-state index contributed by atoms with van der Waals surface area (Å²) in [6.45, 7) is 2.11. The summed E-state index contributed by atoms with van der Waals surface area (Å²) < 4.78 is 5.83. The van der Waals surface area contributed by atoms with Gasteiger partial charge in [-0.25, -0.2) is 0 Å². The first-order valence-electron chi connectivity index (χ1n) is 5.37. The number of fused-ring (bicyclic) bond motifs is 1. The third-order valence-corrected chi connectivity index (χ3v) is 3.26. The minimum atomic E-state index is 0.226. The molecule has 0 aliphatic carbocycles. The number of hydrogen-bond acceptors (Lipinski definition) is 2. The molecule has 2 aliphatic rings.